The molecule has 0 unspecified atom stereocenters. The quantitative estimate of drug-likeness (QED) is 0.442. The molecule has 0 aliphatic carbocycles. The molecule has 0 bridgehead atoms. The molecular formula is C26H32FN2O5+. The van der Waals surface area contributed by atoms with Crippen molar-refractivity contribution >= 4 is 23.5 Å². The normalized spacial score (nSPS) is 14.8. The molecule has 2 aromatic carbocycles. The van der Waals surface area contributed by atoms with Gasteiger partial charge in [0.05, 0.1) is 30.9 Å². The van der Waals surface area contributed by atoms with Gasteiger partial charge in [-0.25, -0.2) is 14.0 Å². The maximum Gasteiger partial charge on any atom is 0.362 e. The molecule has 0 radical (unpaired) electrons. The second-order valence-corrected chi connectivity index (χ2v) is 8.73. The zero-order valence-corrected chi connectivity index (χ0v) is 19.8. The number of rotatable bonds is 9. The van der Waals surface area contributed by atoms with Crippen molar-refractivity contribution in [2.75, 3.05) is 38.1 Å². The Morgan fingerprint density at radius 2 is 1.71 bits per heavy atom. The number of ether oxygens (including phenoxy) is 2. The highest BCUT2D eigenvalue weighted by Crippen LogP contribution is 2.25. The Morgan fingerprint density at radius 1 is 1.00 bits per heavy atom. The number of anilines is 1. The van der Waals surface area contributed by atoms with E-state index in [-0.39, 0.29) is 53.9 Å². The van der Waals surface area contributed by atoms with Crippen molar-refractivity contribution in [3.8, 4) is 0 Å². The van der Waals surface area contributed by atoms with Gasteiger partial charge in [0.2, 0.25) is 0 Å². The number of hydrogen-bond donors (Lipinski definition) is 1. The maximum atomic E-state index is 13.9. The molecule has 7 nitrogen and oxygen atoms in total. The van der Waals surface area contributed by atoms with E-state index in [4.69, 9.17) is 9.47 Å². The fourth-order valence-electron chi connectivity index (χ4n) is 4.38. The molecule has 3 rings (SSSR count). The summed E-state index contributed by atoms with van der Waals surface area (Å²) in [5.41, 5.74) is 1.52. The zero-order valence-electron chi connectivity index (χ0n) is 19.8. The number of benzene rings is 2. The van der Waals surface area contributed by atoms with E-state index in [9.17, 15) is 18.8 Å². The van der Waals surface area contributed by atoms with E-state index in [1.807, 2.05) is 30.3 Å². The second kappa shape index (κ2) is 11.7. The molecule has 1 saturated heterocycles. The molecule has 1 aliphatic rings. The molecule has 182 valence electrons. The number of hydrogen-bond acceptors (Lipinski definition) is 5. The van der Waals surface area contributed by atoms with Crippen LogP contribution in [-0.4, -0.2) is 55.1 Å². The number of carbonyl (C=O) groups is 3. The molecule has 0 saturated carbocycles. The van der Waals surface area contributed by atoms with Crippen LogP contribution >= 0.6 is 0 Å². The number of amides is 1. The van der Waals surface area contributed by atoms with Crippen LogP contribution in [0.4, 0.5) is 10.1 Å². The number of nitrogens with one attached hydrogen (secondary N) is 1. The van der Waals surface area contributed by atoms with Gasteiger partial charge < -0.3 is 19.3 Å². The van der Waals surface area contributed by atoms with Crippen LogP contribution in [0.3, 0.4) is 0 Å². The number of esters is 2. The van der Waals surface area contributed by atoms with Crippen molar-refractivity contribution in [2.45, 2.75) is 39.7 Å². The molecule has 0 aromatic heterocycles. The SMILES string of the molecule is CCOC(=O)c1cc(F)cc(C)c1NC(=O)C[N+]1(CC(=O)OCc2ccccc2)CCCCC1. The lowest BCUT2D eigenvalue weighted by molar-refractivity contribution is -0.918. The maximum absolute atomic E-state index is 13.9. The Labute approximate surface area is 199 Å². The molecule has 1 heterocycles. The van der Waals surface area contributed by atoms with Crippen LogP contribution in [0.25, 0.3) is 0 Å². The average Bonchev–Trinajstić information content (AvgIpc) is 2.80. The van der Waals surface area contributed by atoms with Crippen molar-refractivity contribution in [3.63, 3.8) is 0 Å². The molecule has 34 heavy (non-hydrogen) atoms. The standard InChI is InChI=1S/C26H31FN2O5/c1-3-33-26(32)22-15-21(27)14-19(2)25(22)28-23(30)16-29(12-8-5-9-13-29)17-24(31)34-18-20-10-6-4-7-11-20/h4,6-7,10-11,14-15H,3,5,8-9,12-13,16-18H2,1-2H3/p+1. The minimum Gasteiger partial charge on any atom is -0.462 e. The van der Waals surface area contributed by atoms with E-state index in [2.05, 4.69) is 5.32 Å². The molecule has 1 N–H and O–H groups in total. The van der Waals surface area contributed by atoms with Gasteiger partial charge in [0.25, 0.3) is 5.91 Å². The minimum atomic E-state index is -0.702. The highest BCUT2D eigenvalue weighted by atomic mass is 19.1. The third kappa shape index (κ3) is 6.87. The molecule has 0 spiro atoms. The van der Waals surface area contributed by atoms with Gasteiger partial charge in [-0.3, -0.25) is 4.79 Å². The lowest BCUT2D eigenvalue weighted by Crippen LogP contribution is -2.57. The first-order valence-electron chi connectivity index (χ1n) is 11.6. The number of aryl methyl sites for hydroxylation is 1. The number of quaternary nitrogens is 1. The Hall–Kier alpha value is -3.26. The summed E-state index contributed by atoms with van der Waals surface area (Å²) in [4.78, 5) is 38.1. The molecule has 1 fully saturated rings. The van der Waals surface area contributed by atoms with E-state index in [0.29, 0.717) is 18.7 Å². The van der Waals surface area contributed by atoms with Crippen LogP contribution in [0.5, 0.6) is 0 Å². The predicted octanol–water partition coefficient (Wildman–Crippen LogP) is 3.99. The molecular weight excluding hydrogens is 439 g/mol. The number of piperidine rings is 1. The monoisotopic (exact) mass is 471 g/mol. The fourth-order valence-corrected chi connectivity index (χ4v) is 4.38. The van der Waals surface area contributed by atoms with Gasteiger partial charge >= 0.3 is 11.9 Å². The van der Waals surface area contributed by atoms with Gasteiger partial charge in [-0.15, -0.1) is 0 Å². The van der Waals surface area contributed by atoms with Crippen LogP contribution in [0.2, 0.25) is 0 Å². The van der Waals surface area contributed by atoms with E-state index < -0.39 is 11.8 Å². The Kier molecular flexibility index (Phi) is 8.76. The summed E-state index contributed by atoms with van der Waals surface area (Å²) in [5.74, 6) is -1.99. The van der Waals surface area contributed by atoms with Gasteiger partial charge in [-0.05, 0) is 56.4 Å². The third-order valence-corrected chi connectivity index (χ3v) is 6.01. The van der Waals surface area contributed by atoms with Gasteiger partial charge in [0, 0.05) is 0 Å². The summed E-state index contributed by atoms with van der Waals surface area (Å²) < 4.78 is 24.7. The van der Waals surface area contributed by atoms with Crippen LogP contribution in [0.15, 0.2) is 42.5 Å². The first-order chi connectivity index (χ1) is 16.3. The highest BCUT2D eigenvalue weighted by Gasteiger charge is 2.36. The summed E-state index contributed by atoms with van der Waals surface area (Å²) in [6.45, 7) is 5.10. The molecule has 2 aromatic rings. The summed E-state index contributed by atoms with van der Waals surface area (Å²) in [5, 5.41) is 2.77. The smallest absolute Gasteiger partial charge is 0.362 e. The molecule has 0 atom stereocenters. The summed E-state index contributed by atoms with van der Waals surface area (Å²) >= 11 is 0. The average molecular weight is 472 g/mol. The summed E-state index contributed by atoms with van der Waals surface area (Å²) in [7, 11) is 0. The van der Waals surface area contributed by atoms with Crippen molar-refractivity contribution in [1.82, 2.24) is 0 Å². The number of likely N-dealkylation sites (tertiary alicyclic amines) is 1. The first kappa shape index (κ1) is 25.4. The van der Waals surface area contributed by atoms with E-state index in [1.165, 1.54) is 6.07 Å². The van der Waals surface area contributed by atoms with Crippen LogP contribution in [-0.2, 0) is 25.7 Å². The molecule has 1 aliphatic heterocycles. The van der Waals surface area contributed by atoms with Crippen molar-refractivity contribution < 1.29 is 32.7 Å². The van der Waals surface area contributed by atoms with Gasteiger partial charge in [0.1, 0.15) is 12.4 Å². The van der Waals surface area contributed by atoms with Gasteiger partial charge in [-0.2, -0.15) is 0 Å². The van der Waals surface area contributed by atoms with Crippen molar-refractivity contribution in [3.05, 3.63) is 65.0 Å². The van der Waals surface area contributed by atoms with E-state index in [1.54, 1.807) is 13.8 Å². The van der Waals surface area contributed by atoms with Crippen LogP contribution < -0.4 is 5.32 Å². The van der Waals surface area contributed by atoms with Gasteiger partial charge in [-0.1, -0.05) is 30.3 Å². The lowest BCUT2D eigenvalue weighted by atomic mass is 10.1. The summed E-state index contributed by atoms with van der Waals surface area (Å²) in [6, 6.07) is 11.8. The Morgan fingerprint density at radius 3 is 2.38 bits per heavy atom. The number of halogens is 1. The van der Waals surface area contributed by atoms with E-state index in [0.717, 1.165) is 30.9 Å². The molecule has 8 heteroatoms. The third-order valence-electron chi connectivity index (χ3n) is 6.01. The van der Waals surface area contributed by atoms with Crippen LogP contribution in [0.1, 0.15) is 47.7 Å². The topological polar surface area (TPSA) is 81.7 Å². The van der Waals surface area contributed by atoms with Gasteiger partial charge in [0.15, 0.2) is 13.1 Å². The van der Waals surface area contributed by atoms with Crippen LogP contribution in [0, 0.1) is 12.7 Å². The largest absolute Gasteiger partial charge is 0.462 e. The lowest BCUT2D eigenvalue weighted by Gasteiger charge is -2.40. The zero-order chi connectivity index (χ0) is 24.6. The predicted molar refractivity (Wildman–Crippen MR) is 126 cm³/mol. The molecule has 1 amide bonds. The van der Waals surface area contributed by atoms with Crippen molar-refractivity contribution in [2.24, 2.45) is 0 Å². The summed E-state index contributed by atoms with van der Waals surface area (Å²) in [6.07, 6.45) is 2.86. The van der Waals surface area contributed by atoms with E-state index >= 15 is 0 Å². The highest BCUT2D eigenvalue weighted by molar-refractivity contribution is 6.02. The fraction of sp³-hybridized carbons (Fsp3) is 0.423. The minimum absolute atomic E-state index is 0.0276. The van der Waals surface area contributed by atoms with Crippen molar-refractivity contribution in [1.29, 1.82) is 0 Å². The second-order valence-electron chi connectivity index (χ2n) is 8.73. The Balaban J connectivity index is 1.71. The first-order valence-corrected chi connectivity index (χ1v) is 11.6. The number of nitrogens with zero attached hydrogens (tertiary/aromatic N) is 1. The Bertz CT molecular complexity index is 1020. The number of carbonyl (C=O) groups excluding carboxylic acids is 3.